The molecule has 1 aliphatic rings. The molecule has 1 saturated heterocycles. The summed E-state index contributed by atoms with van der Waals surface area (Å²) < 4.78 is 18.6. The van der Waals surface area contributed by atoms with E-state index in [-0.39, 0.29) is 16.9 Å². The van der Waals surface area contributed by atoms with Gasteiger partial charge in [0.2, 0.25) is 0 Å². The number of hydrogen-bond acceptors (Lipinski definition) is 2. The zero-order valence-corrected chi connectivity index (χ0v) is 10.6. The lowest BCUT2D eigenvalue weighted by Crippen LogP contribution is -2.36. The fraction of sp³-hybridized carbons (Fsp3) is 0.538. The van der Waals surface area contributed by atoms with E-state index in [0.29, 0.717) is 6.04 Å². The van der Waals surface area contributed by atoms with E-state index >= 15 is 0 Å². The number of nitrogens with one attached hydrogen (secondary N) is 1. The van der Waals surface area contributed by atoms with Crippen molar-refractivity contribution in [3.63, 3.8) is 0 Å². The summed E-state index contributed by atoms with van der Waals surface area (Å²) in [4.78, 5) is 0. The fourth-order valence-electron chi connectivity index (χ4n) is 2.10. The Kier molecular flexibility index (Phi) is 4.37. The van der Waals surface area contributed by atoms with Crippen LogP contribution in [0.3, 0.4) is 0 Å². The van der Waals surface area contributed by atoms with Gasteiger partial charge in [-0.15, -0.1) is 0 Å². The molecule has 0 amide bonds. The average Bonchev–Trinajstić information content (AvgIpc) is 2.34. The van der Waals surface area contributed by atoms with Crippen LogP contribution in [0.1, 0.15) is 31.4 Å². The minimum atomic E-state index is -0.357. The van der Waals surface area contributed by atoms with Crippen molar-refractivity contribution in [2.24, 2.45) is 0 Å². The predicted octanol–water partition coefficient (Wildman–Crippen LogP) is 3.31. The Labute approximate surface area is 106 Å². The van der Waals surface area contributed by atoms with Crippen molar-refractivity contribution in [3.05, 3.63) is 34.6 Å². The Morgan fingerprint density at radius 2 is 2.12 bits per heavy atom. The van der Waals surface area contributed by atoms with Gasteiger partial charge in [0.05, 0.1) is 5.02 Å². The van der Waals surface area contributed by atoms with E-state index in [1.807, 2.05) is 13.0 Å². The van der Waals surface area contributed by atoms with Gasteiger partial charge < -0.3 is 10.1 Å². The first-order chi connectivity index (χ1) is 8.16. The van der Waals surface area contributed by atoms with Crippen LogP contribution in [0, 0.1) is 5.82 Å². The van der Waals surface area contributed by atoms with Crippen LogP contribution in [-0.4, -0.2) is 19.3 Å². The van der Waals surface area contributed by atoms with Gasteiger partial charge in [-0.1, -0.05) is 17.7 Å². The van der Waals surface area contributed by atoms with Gasteiger partial charge in [-0.3, -0.25) is 0 Å². The highest BCUT2D eigenvalue weighted by Gasteiger charge is 2.17. The summed E-state index contributed by atoms with van der Waals surface area (Å²) in [6.07, 6.45) is 2.03. The molecule has 1 aromatic rings. The number of hydrogen-bond donors (Lipinski definition) is 1. The standard InChI is InChI=1S/C13H17ClFNO/c1-9(16-11-4-6-17-7-5-11)10-2-3-12(14)13(15)8-10/h2-3,8-9,11,16H,4-7H2,1H3. The first-order valence-electron chi connectivity index (χ1n) is 5.95. The van der Waals surface area contributed by atoms with Crippen LogP contribution in [0.2, 0.25) is 5.02 Å². The molecule has 1 fully saturated rings. The maximum Gasteiger partial charge on any atom is 0.142 e. The van der Waals surface area contributed by atoms with Gasteiger partial charge in [-0.05, 0) is 37.5 Å². The Balaban J connectivity index is 1.98. The minimum absolute atomic E-state index is 0.130. The SMILES string of the molecule is CC(NC1CCOCC1)c1ccc(Cl)c(F)c1. The lowest BCUT2D eigenvalue weighted by atomic mass is 10.0. The van der Waals surface area contributed by atoms with Crippen molar-refractivity contribution in [3.8, 4) is 0 Å². The van der Waals surface area contributed by atoms with Crippen LogP contribution in [-0.2, 0) is 4.74 Å². The normalized spacial score (nSPS) is 19.2. The van der Waals surface area contributed by atoms with Crippen molar-refractivity contribution in [1.29, 1.82) is 0 Å². The molecule has 1 heterocycles. The highest BCUT2D eigenvalue weighted by atomic mass is 35.5. The van der Waals surface area contributed by atoms with E-state index in [2.05, 4.69) is 5.32 Å². The summed E-state index contributed by atoms with van der Waals surface area (Å²) in [5.74, 6) is -0.357. The zero-order valence-electron chi connectivity index (χ0n) is 9.88. The quantitative estimate of drug-likeness (QED) is 0.897. The minimum Gasteiger partial charge on any atom is -0.381 e. The Morgan fingerprint density at radius 1 is 1.41 bits per heavy atom. The molecule has 0 aromatic heterocycles. The van der Waals surface area contributed by atoms with Crippen molar-refractivity contribution in [2.75, 3.05) is 13.2 Å². The van der Waals surface area contributed by atoms with Crippen molar-refractivity contribution in [1.82, 2.24) is 5.32 Å². The second kappa shape index (κ2) is 5.80. The molecular formula is C13H17ClFNO. The third-order valence-electron chi connectivity index (χ3n) is 3.15. The molecule has 4 heteroatoms. The first-order valence-corrected chi connectivity index (χ1v) is 6.33. The molecule has 0 bridgehead atoms. The maximum absolute atomic E-state index is 13.3. The summed E-state index contributed by atoms with van der Waals surface area (Å²) in [5, 5.41) is 3.67. The molecule has 2 rings (SSSR count). The molecule has 17 heavy (non-hydrogen) atoms. The van der Waals surface area contributed by atoms with E-state index in [1.165, 1.54) is 6.07 Å². The van der Waals surface area contributed by atoms with Crippen LogP contribution in [0.4, 0.5) is 4.39 Å². The summed E-state index contributed by atoms with van der Waals surface area (Å²) in [5.41, 5.74) is 0.929. The summed E-state index contributed by atoms with van der Waals surface area (Å²) >= 11 is 5.67. The van der Waals surface area contributed by atoms with Gasteiger partial charge in [0, 0.05) is 25.3 Å². The molecule has 2 nitrogen and oxygen atoms in total. The molecule has 0 radical (unpaired) electrons. The van der Waals surface area contributed by atoms with E-state index in [9.17, 15) is 4.39 Å². The molecule has 1 aromatic carbocycles. The zero-order chi connectivity index (χ0) is 12.3. The number of benzene rings is 1. The average molecular weight is 258 g/mol. The van der Waals surface area contributed by atoms with E-state index < -0.39 is 0 Å². The van der Waals surface area contributed by atoms with E-state index in [0.717, 1.165) is 31.6 Å². The summed E-state index contributed by atoms with van der Waals surface area (Å²) in [6.45, 7) is 3.65. The summed E-state index contributed by atoms with van der Waals surface area (Å²) in [6, 6.07) is 5.55. The van der Waals surface area contributed by atoms with Gasteiger partial charge in [0.15, 0.2) is 0 Å². The number of rotatable bonds is 3. The molecule has 1 N–H and O–H groups in total. The van der Waals surface area contributed by atoms with Crippen molar-refractivity contribution >= 4 is 11.6 Å². The lowest BCUT2D eigenvalue weighted by Gasteiger charge is -2.27. The topological polar surface area (TPSA) is 21.3 Å². The first kappa shape index (κ1) is 12.8. The van der Waals surface area contributed by atoms with Gasteiger partial charge in [0.25, 0.3) is 0 Å². The molecule has 0 aliphatic carbocycles. The predicted molar refractivity (Wildman–Crippen MR) is 66.8 cm³/mol. The van der Waals surface area contributed by atoms with E-state index in [4.69, 9.17) is 16.3 Å². The van der Waals surface area contributed by atoms with Crippen molar-refractivity contribution in [2.45, 2.75) is 31.8 Å². The molecule has 1 aliphatic heterocycles. The van der Waals surface area contributed by atoms with Gasteiger partial charge in [-0.25, -0.2) is 4.39 Å². The van der Waals surface area contributed by atoms with E-state index in [1.54, 1.807) is 6.07 Å². The second-order valence-electron chi connectivity index (χ2n) is 4.45. The number of halogens is 2. The third-order valence-corrected chi connectivity index (χ3v) is 3.46. The molecular weight excluding hydrogens is 241 g/mol. The lowest BCUT2D eigenvalue weighted by molar-refractivity contribution is 0.0754. The maximum atomic E-state index is 13.3. The Bertz CT molecular complexity index is 380. The van der Waals surface area contributed by atoms with Crippen molar-refractivity contribution < 1.29 is 9.13 Å². The molecule has 1 atom stereocenters. The third kappa shape index (κ3) is 3.41. The van der Waals surface area contributed by atoms with Gasteiger partial charge >= 0.3 is 0 Å². The monoisotopic (exact) mass is 257 g/mol. The smallest absolute Gasteiger partial charge is 0.142 e. The highest BCUT2D eigenvalue weighted by Crippen LogP contribution is 2.21. The fourth-order valence-corrected chi connectivity index (χ4v) is 2.21. The second-order valence-corrected chi connectivity index (χ2v) is 4.86. The highest BCUT2D eigenvalue weighted by molar-refractivity contribution is 6.30. The van der Waals surface area contributed by atoms with Gasteiger partial charge in [-0.2, -0.15) is 0 Å². The van der Waals surface area contributed by atoms with Crippen LogP contribution in [0.15, 0.2) is 18.2 Å². The van der Waals surface area contributed by atoms with Crippen LogP contribution in [0.25, 0.3) is 0 Å². The Morgan fingerprint density at radius 3 is 2.76 bits per heavy atom. The summed E-state index contributed by atoms with van der Waals surface area (Å²) in [7, 11) is 0. The molecule has 0 spiro atoms. The van der Waals surface area contributed by atoms with Crippen LogP contribution < -0.4 is 5.32 Å². The van der Waals surface area contributed by atoms with Crippen LogP contribution >= 0.6 is 11.6 Å². The Hall–Kier alpha value is -0.640. The molecule has 94 valence electrons. The number of ether oxygens (including phenoxy) is 1. The van der Waals surface area contributed by atoms with Crippen LogP contribution in [0.5, 0.6) is 0 Å². The largest absolute Gasteiger partial charge is 0.381 e. The molecule has 0 saturated carbocycles. The van der Waals surface area contributed by atoms with Gasteiger partial charge in [0.1, 0.15) is 5.82 Å². The molecule has 1 unspecified atom stereocenters.